The van der Waals surface area contributed by atoms with Crippen LogP contribution in [0.15, 0.2) is 46.2 Å². The first-order valence-corrected chi connectivity index (χ1v) is 9.69. The van der Waals surface area contributed by atoms with Crippen LogP contribution in [0.2, 0.25) is 0 Å². The summed E-state index contributed by atoms with van der Waals surface area (Å²) in [6, 6.07) is 10.5. The molecule has 3 aromatic rings. The van der Waals surface area contributed by atoms with Crippen LogP contribution < -0.4 is 16.1 Å². The largest absolute Gasteiger partial charge is 0.369 e. The van der Waals surface area contributed by atoms with Crippen molar-refractivity contribution in [1.29, 1.82) is 0 Å². The number of fused-ring (bicyclic) bond motifs is 1. The molecule has 1 aromatic carbocycles. The molecule has 4 rings (SSSR count). The molecule has 0 aliphatic carbocycles. The van der Waals surface area contributed by atoms with Crippen LogP contribution in [0.3, 0.4) is 0 Å². The minimum Gasteiger partial charge on any atom is -0.369 e. The normalized spacial score (nSPS) is 14.9. The van der Waals surface area contributed by atoms with Crippen molar-refractivity contribution in [2.24, 2.45) is 14.1 Å². The number of para-hydroxylation sites is 1. The number of nitrogens with zero attached hydrogens (tertiary/aromatic N) is 6. The molecule has 1 saturated heterocycles. The maximum Gasteiger partial charge on any atom is 0.332 e. The number of anilines is 1. The van der Waals surface area contributed by atoms with Gasteiger partial charge in [-0.25, -0.2) is 9.78 Å². The highest BCUT2D eigenvalue weighted by atomic mass is 35.5. The molecule has 0 spiro atoms. The van der Waals surface area contributed by atoms with Gasteiger partial charge in [0.2, 0.25) is 0 Å². The molecule has 8 nitrogen and oxygen atoms in total. The Hall–Kier alpha value is -2.58. The smallest absolute Gasteiger partial charge is 0.332 e. The first-order valence-electron chi connectivity index (χ1n) is 9.69. The molecule has 0 atom stereocenters. The Balaban J connectivity index is 0.00000240. The first kappa shape index (κ1) is 21.1. The summed E-state index contributed by atoms with van der Waals surface area (Å²) in [6.07, 6.45) is 2.60. The van der Waals surface area contributed by atoms with Gasteiger partial charge in [0, 0.05) is 52.5 Å². The molecule has 1 aliphatic heterocycles. The monoisotopic (exact) mass is 418 g/mol. The van der Waals surface area contributed by atoms with Crippen LogP contribution in [0.1, 0.15) is 6.42 Å². The van der Waals surface area contributed by atoms with Gasteiger partial charge in [0.25, 0.3) is 5.56 Å². The maximum atomic E-state index is 12.5. The standard InChI is InChI=1S/C20H26N6O2.ClH/c1-22-18-17(19(27)23(2)20(22)28)26(15-21-18)10-6-9-24-11-13-25(14-12-24)16-7-4-3-5-8-16;/h3-5,7-8,15H,6,9-14H2,1-2H3;1H. The van der Waals surface area contributed by atoms with Crippen LogP contribution >= 0.6 is 12.4 Å². The molecule has 1 aliphatic rings. The maximum absolute atomic E-state index is 12.5. The number of hydrogen-bond acceptors (Lipinski definition) is 5. The summed E-state index contributed by atoms with van der Waals surface area (Å²) in [4.78, 5) is 33.7. The summed E-state index contributed by atoms with van der Waals surface area (Å²) < 4.78 is 4.44. The molecule has 156 valence electrons. The number of aromatic nitrogens is 4. The van der Waals surface area contributed by atoms with Crippen molar-refractivity contribution in [2.75, 3.05) is 37.6 Å². The van der Waals surface area contributed by atoms with Crippen LogP contribution in [0.5, 0.6) is 0 Å². The number of halogens is 1. The Morgan fingerprint density at radius 1 is 0.931 bits per heavy atom. The Morgan fingerprint density at radius 3 is 2.31 bits per heavy atom. The Labute approximate surface area is 175 Å². The highest BCUT2D eigenvalue weighted by molar-refractivity contribution is 5.85. The molecule has 0 radical (unpaired) electrons. The Morgan fingerprint density at radius 2 is 1.62 bits per heavy atom. The van der Waals surface area contributed by atoms with Gasteiger partial charge in [0.1, 0.15) is 0 Å². The third-order valence-electron chi connectivity index (χ3n) is 5.58. The summed E-state index contributed by atoms with van der Waals surface area (Å²) >= 11 is 0. The quantitative estimate of drug-likeness (QED) is 0.620. The molecule has 2 aromatic heterocycles. The zero-order valence-corrected chi connectivity index (χ0v) is 17.6. The van der Waals surface area contributed by atoms with Gasteiger partial charge in [-0.1, -0.05) is 18.2 Å². The highest BCUT2D eigenvalue weighted by Gasteiger charge is 2.17. The predicted octanol–water partition coefficient (Wildman–Crippen LogP) is 1.07. The Kier molecular flexibility index (Phi) is 6.44. The van der Waals surface area contributed by atoms with Gasteiger partial charge >= 0.3 is 5.69 Å². The van der Waals surface area contributed by atoms with E-state index in [0.29, 0.717) is 17.7 Å². The van der Waals surface area contributed by atoms with Gasteiger partial charge in [-0.15, -0.1) is 12.4 Å². The van der Waals surface area contributed by atoms with E-state index in [1.807, 2.05) is 10.6 Å². The molecule has 0 unspecified atom stereocenters. The summed E-state index contributed by atoms with van der Waals surface area (Å²) in [5, 5.41) is 0. The minimum atomic E-state index is -0.348. The number of aryl methyl sites for hydroxylation is 2. The fraction of sp³-hybridized carbons (Fsp3) is 0.450. The van der Waals surface area contributed by atoms with Crippen molar-refractivity contribution < 1.29 is 0 Å². The highest BCUT2D eigenvalue weighted by Crippen LogP contribution is 2.15. The van der Waals surface area contributed by atoms with Crippen molar-refractivity contribution in [3.63, 3.8) is 0 Å². The van der Waals surface area contributed by atoms with Crippen LogP contribution in [0.25, 0.3) is 11.2 Å². The lowest BCUT2D eigenvalue weighted by Crippen LogP contribution is -2.46. The van der Waals surface area contributed by atoms with Crippen LogP contribution in [0.4, 0.5) is 5.69 Å². The zero-order valence-electron chi connectivity index (χ0n) is 16.8. The van der Waals surface area contributed by atoms with E-state index in [1.165, 1.54) is 17.3 Å². The van der Waals surface area contributed by atoms with E-state index in [1.54, 1.807) is 13.4 Å². The average Bonchev–Trinajstić information content (AvgIpc) is 3.16. The van der Waals surface area contributed by atoms with Crippen molar-refractivity contribution in [3.05, 3.63) is 57.5 Å². The summed E-state index contributed by atoms with van der Waals surface area (Å²) in [6.45, 7) is 5.82. The molecule has 29 heavy (non-hydrogen) atoms. The van der Waals surface area contributed by atoms with E-state index in [-0.39, 0.29) is 23.7 Å². The minimum absolute atomic E-state index is 0. The fourth-order valence-electron chi connectivity index (χ4n) is 3.90. The molecule has 0 amide bonds. The van der Waals surface area contributed by atoms with Crippen molar-refractivity contribution in [2.45, 2.75) is 13.0 Å². The van der Waals surface area contributed by atoms with Gasteiger partial charge in [-0.2, -0.15) is 0 Å². The number of piperazine rings is 1. The van der Waals surface area contributed by atoms with Gasteiger partial charge in [-0.3, -0.25) is 18.8 Å². The second kappa shape index (κ2) is 8.84. The van der Waals surface area contributed by atoms with E-state index in [2.05, 4.69) is 39.0 Å². The molecular weight excluding hydrogens is 392 g/mol. The lowest BCUT2D eigenvalue weighted by Gasteiger charge is -2.36. The molecule has 0 saturated carbocycles. The number of imidazole rings is 1. The van der Waals surface area contributed by atoms with Gasteiger partial charge in [0.15, 0.2) is 11.2 Å². The lowest BCUT2D eigenvalue weighted by atomic mass is 10.2. The Bertz CT molecular complexity index is 1080. The number of rotatable bonds is 5. The van der Waals surface area contributed by atoms with Gasteiger partial charge in [0.05, 0.1) is 6.33 Å². The van der Waals surface area contributed by atoms with Crippen molar-refractivity contribution in [1.82, 2.24) is 23.6 Å². The van der Waals surface area contributed by atoms with E-state index >= 15 is 0 Å². The van der Waals surface area contributed by atoms with Crippen LogP contribution in [-0.4, -0.2) is 56.3 Å². The van der Waals surface area contributed by atoms with Crippen LogP contribution in [-0.2, 0) is 20.6 Å². The fourth-order valence-corrected chi connectivity index (χ4v) is 3.90. The second-order valence-corrected chi connectivity index (χ2v) is 7.33. The summed E-state index contributed by atoms with van der Waals surface area (Å²) in [5.74, 6) is 0. The summed E-state index contributed by atoms with van der Waals surface area (Å²) in [5.41, 5.74) is 1.60. The van der Waals surface area contributed by atoms with Crippen molar-refractivity contribution >= 4 is 29.3 Å². The molecule has 1 fully saturated rings. The zero-order chi connectivity index (χ0) is 19.7. The average molecular weight is 419 g/mol. The van der Waals surface area contributed by atoms with Gasteiger partial charge < -0.3 is 9.47 Å². The molecule has 3 heterocycles. The van der Waals surface area contributed by atoms with E-state index in [9.17, 15) is 9.59 Å². The van der Waals surface area contributed by atoms with E-state index in [0.717, 1.165) is 43.7 Å². The third kappa shape index (κ3) is 4.09. The third-order valence-corrected chi connectivity index (χ3v) is 5.58. The van der Waals surface area contributed by atoms with E-state index in [4.69, 9.17) is 0 Å². The SMILES string of the molecule is Cl.Cn1c(=O)c2c(ncn2CCCN2CCN(c3ccccc3)CC2)n(C)c1=O. The molecule has 0 bridgehead atoms. The summed E-state index contributed by atoms with van der Waals surface area (Å²) in [7, 11) is 3.15. The molecule has 0 N–H and O–H groups in total. The second-order valence-electron chi connectivity index (χ2n) is 7.33. The van der Waals surface area contributed by atoms with Crippen molar-refractivity contribution in [3.8, 4) is 0 Å². The molecule has 9 heteroatoms. The van der Waals surface area contributed by atoms with E-state index < -0.39 is 0 Å². The predicted molar refractivity (Wildman–Crippen MR) is 117 cm³/mol. The molecular formula is C20H27ClN6O2. The lowest BCUT2D eigenvalue weighted by molar-refractivity contribution is 0.251. The first-order chi connectivity index (χ1) is 13.6. The van der Waals surface area contributed by atoms with Gasteiger partial charge in [-0.05, 0) is 25.1 Å². The number of benzene rings is 1. The topological polar surface area (TPSA) is 68.3 Å². The number of hydrogen-bond donors (Lipinski definition) is 0. The van der Waals surface area contributed by atoms with Crippen LogP contribution in [0, 0.1) is 0 Å².